The van der Waals surface area contributed by atoms with Crippen LogP contribution in [0.15, 0.2) is 16.8 Å². The molecule has 1 heterocycles. The van der Waals surface area contributed by atoms with Crippen LogP contribution in [0.2, 0.25) is 0 Å². The maximum Gasteiger partial charge on any atom is 0.249 e. The maximum atomic E-state index is 11.4. The Morgan fingerprint density at radius 2 is 2.46 bits per heavy atom. The van der Waals surface area contributed by atoms with Crippen molar-refractivity contribution in [3.8, 4) is 0 Å². The molecule has 0 aliphatic carbocycles. The summed E-state index contributed by atoms with van der Waals surface area (Å²) in [5, 5.41) is 11.6. The van der Waals surface area contributed by atoms with Crippen LogP contribution in [0.25, 0.3) is 0 Å². The summed E-state index contributed by atoms with van der Waals surface area (Å²) >= 11 is 0. The minimum Gasteiger partial charge on any atom is -0.394 e. The molecule has 1 rings (SSSR count). The molecule has 1 amide bonds. The predicted octanol–water partition coefficient (Wildman–Crippen LogP) is 0.232. The van der Waals surface area contributed by atoms with Crippen LogP contribution in [0, 0.1) is 0 Å². The lowest BCUT2D eigenvalue weighted by atomic mass is 10.1. The number of nitrogens with one attached hydrogen (secondary N) is 1. The van der Waals surface area contributed by atoms with Crippen molar-refractivity contribution in [1.82, 2.24) is 5.32 Å². The predicted molar refractivity (Wildman–Crippen MR) is 50.5 cm³/mol. The maximum absolute atomic E-state index is 11.4. The Bertz CT molecular complexity index is 267. The third-order valence-electron chi connectivity index (χ3n) is 1.79. The standard InChI is InChI=1S/C9H14N2O2/c1-9(2,6-12)11-8(13)7-3-4-10-5-7/h4-5,12H,3,6H2,1-2H3,(H,11,13). The minimum atomic E-state index is -0.569. The van der Waals surface area contributed by atoms with Crippen LogP contribution >= 0.6 is 0 Å². The number of aliphatic hydroxyl groups is 1. The molecule has 72 valence electrons. The van der Waals surface area contributed by atoms with E-state index in [1.807, 2.05) is 0 Å². The van der Waals surface area contributed by atoms with Gasteiger partial charge in [-0.05, 0) is 13.8 Å². The molecule has 0 spiro atoms. The lowest BCUT2D eigenvalue weighted by molar-refractivity contribution is -0.119. The van der Waals surface area contributed by atoms with Crippen LogP contribution in [0.5, 0.6) is 0 Å². The molecule has 0 saturated carbocycles. The van der Waals surface area contributed by atoms with Crippen molar-refractivity contribution in [2.24, 2.45) is 4.99 Å². The van der Waals surface area contributed by atoms with Crippen molar-refractivity contribution in [3.63, 3.8) is 0 Å². The fourth-order valence-corrected chi connectivity index (χ4v) is 0.925. The van der Waals surface area contributed by atoms with Gasteiger partial charge in [0.15, 0.2) is 0 Å². The van der Waals surface area contributed by atoms with Crippen LogP contribution in [0.3, 0.4) is 0 Å². The second kappa shape index (κ2) is 3.70. The molecule has 0 unspecified atom stereocenters. The first-order valence-electron chi connectivity index (χ1n) is 4.19. The molecule has 4 heteroatoms. The fraction of sp³-hybridized carbons (Fsp3) is 0.556. The Balaban J connectivity index is 2.51. The van der Waals surface area contributed by atoms with Crippen LogP contribution in [-0.4, -0.2) is 29.4 Å². The summed E-state index contributed by atoms with van der Waals surface area (Å²) in [7, 11) is 0. The van der Waals surface area contributed by atoms with Gasteiger partial charge in [0, 0.05) is 24.4 Å². The number of carbonyl (C=O) groups excluding carboxylic acids is 1. The average Bonchev–Trinajstić information content (AvgIpc) is 2.55. The first-order valence-corrected chi connectivity index (χ1v) is 4.19. The Morgan fingerprint density at radius 1 is 1.77 bits per heavy atom. The molecule has 2 N–H and O–H groups in total. The smallest absolute Gasteiger partial charge is 0.249 e. The van der Waals surface area contributed by atoms with E-state index in [2.05, 4.69) is 10.3 Å². The lowest BCUT2D eigenvalue weighted by Gasteiger charge is -2.23. The van der Waals surface area contributed by atoms with E-state index in [9.17, 15) is 4.79 Å². The van der Waals surface area contributed by atoms with Gasteiger partial charge in [-0.25, -0.2) is 0 Å². The van der Waals surface area contributed by atoms with Gasteiger partial charge in [-0.1, -0.05) is 0 Å². The summed E-state index contributed by atoms with van der Waals surface area (Å²) in [5.74, 6) is -0.156. The van der Waals surface area contributed by atoms with Crippen molar-refractivity contribution >= 4 is 12.1 Å². The number of amides is 1. The van der Waals surface area contributed by atoms with Crippen LogP contribution in [0.4, 0.5) is 0 Å². The summed E-state index contributed by atoms with van der Waals surface area (Å²) in [6, 6.07) is 0. The molecule has 0 saturated heterocycles. The second-order valence-corrected chi connectivity index (χ2v) is 3.69. The molecular formula is C9H14N2O2. The number of nitrogens with zero attached hydrogens (tertiary/aromatic N) is 1. The number of hydrogen-bond acceptors (Lipinski definition) is 3. The van der Waals surface area contributed by atoms with E-state index in [1.165, 1.54) is 0 Å². The van der Waals surface area contributed by atoms with E-state index in [-0.39, 0.29) is 12.5 Å². The van der Waals surface area contributed by atoms with Crippen molar-refractivity contribution in [1.29, 1.82) is 0 Å². The van der Waals surface area contributed by atoms with Gasteiger partial charge in [-0.2, -0.15) is 0 Å². The monoisotopic (exact) mass is 182 g/mol. The molecular weight excluding hydrogens is 168 g/mol. The number of rotatable bonds is 3. The molecule has 4 nitrogen and oxygen atoms in total. The highest BCUT2D eigenvalue weighted by Crippen LogP contribution is 2.09. The largest absolute Gasteiger partial charge is 0.394 e. The molecule has 0 fully saturated rings. The van der Waals surface area contributed by atoms with Crippen LogP contribution in [0.1, 0.15) is 20.3 Å². The van der Waals surface area contributed by atoms with Gasteiger partial charge in [-0.15, -0.1) is 0 Å². The van der Waals surface area contributed by atoms with Crippen molar-refractivity contribution in [2.75, 3.05) is 6.61 Å². The molecule has 1 aliphatic heterocycles. The van der Waals surface area contributed by atoms with E-state index in [4.69, 9.17) is 5.11 Å². The molecule has 0 bridgehead atoms. The van der Waals surface area contributed by atoms with Gasteiger partial charge < -0.3 is 10.4 Å². The molecule has 0 aromatic rings. The third kappa shape index (κ3) is 2.66. The van der Waals surface area contributed by atoms with Gasteiger partial charge in [0.2, 0.25) is 5.91 Å². The lowest BCUT2D eigenvalue weighted by Crippen LogP contribution is -2.46. The average molecular weight is 182 g/mol. The third-order valence-corrected chi connectivity index (χ3v) is 1.79. The zero-order chi connectivity index (χ0) is 9.90. The summed E-state index contributed by atoms with van der Waals surface area (Å²) in [4.78, 5) is 15.3. The number of hydrogen-bond donors (Lipinski definition) is 2. The highest BCUT2D eigenvalue weighted by molar-refractivity contribution is 5.98. The van der Waals surface area contributed by atoms with Gasteiger partial charge >= 0.3 is 0 Å². The van der Waals surface area contributed by atoms with Gasteiger partial charge in [0.05, 0.1) is 12.1 Å². The van der Waals surface area contributed by atoms with Gasteiger partial charge in [0.1, 0.15) is 0 Å². The Labute approximate surface area is 77.4 Å². The van der Waals surface area contributed by atoms with Crippen LogP contribution in [-0.2, 0) is 4.79 Å². The van der Waals surface area contributed by atoms with Crippen LogP contribution < -0.4 is 5.32 Å². The first-order chi connectivity index (χ1) is 6.05. The number of aliphatic hydroxyl groups excluding tert-OH is 1. The summed E-state index contributed by atoms with van der Waals surface area (Å²) in [5.41, 5.74) is 0.0714. The zero-order valence-corrected chi connectivity index (χ0v) is 7.87. The summed E-state index contributed by atoms with van der Waals surface area (Å²) < 4.78 is 0. The van der Waals surface area contributed by atoms with Crippen molar-refractivity contribution in [3.05, 3.63) is 11.8 Å². The topological polar surface area (TPSA) is 61.7 Å². The van der Waals surface area contributed by atoms with E-state index in [0.717, 1.165) is 0 Å². The minimum absolute atomic E-state index is 0.0765. The summed E-state index contributed by atoms with van der Waals surface area (Å²) in [6.07, 6.45) is 3.80. The molecule has 0 aromatic carbocycles. The molecule has 0 aromatic heterocycles. The number of carbonyl (C=O) groups is 1. The highest BCUT2D eigenvalue weighted by atomic mass is 16.3. The molecule has 0 atom stereocenters. The highest BCUT2D eigenvalue weighted by Gasteiger charge is 2.21. The first kappa shape index (κ1) is 9.92. The van der Waals surface area contributed by atoms with Gasteiger partial charge in [-0.3, -0.25) is 9.79 Å². The normalized spacial score (nSPS) is 15.8. The Kier molecular flexibility index (Phi) is 2.83. The SMILES string of the molecule is CC(C)(CO)NC(=O)C1=CN=CC1. The Hall–Kier alpha value is -1.16. The van der Waals surface area contributed by atoms with E-state index < -0.39 is 5.54 Å². The van der Waals surface area contributed by atoms with Crippen molar-refractivity contribution in [2.45, 2.75) is 25.8 Å². The van der Waals surface area contributed by atoms with E-state index in [0.29, 0.717) is 12.0 Å². The zero-order valence-electron chi connectivity index (χ0n) is 7.87. The molecule has 1 aliphatic rings. The second-order valence-electron chi connectivity index (χ2n) is 3.69. The number of aliphatic imine (C=N–C) groups is 1. The summed E-state index contributed by atoms with van der Waals surface area (Å²) in [6.45, 7) is 3.45. The Morgan fingerprint density at radius 3 is 2.92 bits per heavy atom. The van der Waals surface area contributed by atoms with Gasteiger partial charge in [0.25, 0.3) is 0 Å². The molecule has 0 radical (unpaired) electrons. The van der Waals surface area contributed by atoms with E-state index >= 15 is 0 Å². The van der Waals surface area contributed by atoms with E-state index in [1.54, 1.807) is 26.3 Å². The molecule has 13 heavy (non-hydrogen) atoms. The van der Waals surface area contributed by atoms with Crippen molar-refractivity contribution < 1.29 is 9.90 Å². The quantitative estimate of drug-likeness (QED) is 0.656. The fourth-order valence-electron chi connectivity index (χ4n) is 0.925.